The Hall–Kier alpha value is -3.24. The fourth-order valence-corrected chi connectivity index (χ4v) is 4.71. The summed E-state index contributed by atoms with van der Waals surface area (Å²) in [7, 11) is 0. The summed E-state index contributed by atoms with van der Waals surface area (Å²) in [5, 5.41) is 6.96. The van der Waals surface area contributed by atoms with Crippen molar-refractivity contribution in [1.82, 2.24) is 14.7 Å². The first-order chi connectivity index (χ1) is 14.9. The fourth-order valence-electron chi connectivity index (χ4n) is 4.71. The quantitative estimate of drug-likeness (QED) is 0.728. The fraction of sp³-hybridized carbons (Fsp3) is 0.450. The highest BCUT2D eigenvalue weighted by molar-refractivity contribution is 5.91. The Morgan fingerprint density at radius 1 is 1.13 bits per heavy atom. The summed E-state index contributed by atoms with van der Waals surface area (Å²) in [5.41, 5.74) is 1.12. The Kier molecular flexibility index (Phi) is 4.75. The molecule has 1 aromatic carbocycles. The zero-order chi connectivity index (χ0) is 21.7. The van der Waals surface area contributed by atoms with E-state index in [4.69, 9.17) is 4.74 Å². The molecule has 0 radical (unpaired) electrons. The number of carbonyl (C=O) groups excluding carboxylic acids is 2. The predicted octanol–water partition coefficient (Wildman–Crippen LogP) is 3.79. The second-order valence-electron chi connectivity index (χ2n) is 7.92. The van der Waals surface area contributed by atoms with Crippen molar-refractivity contribution in [3.05, 3.63) is 41.5 Å². The van der Waals surface area contributed by atoms with Crippen LogP contribution < -0.4 is 10.2 Å². The van der Waals surface area contributed by atoms with E-state index in [0.29, 0.717) is 31.0 Å². The van der Waals surface area contributed by atoms with Gasteiger partial charge in [-0.1, -0.05) is 0 Å². The zero-order valence-electron chi connectivity index (χ0n) is 16.5. The second kappa shape index (κ2) is 7.47. The number of rotatable bonds is 2. The Morgan fingerprint density at radius 2 is 1.87 bits per heavy atom. The van der Waals surface area contributed by atoms with Gasteiger partial charge in [-0.05, 0) is 25.7 Å². The first-order valence-corrected chi connectivity index (χ1v) is 10.2. The van der Waals surface area contributed by atoms with E-state index < -0.39 is 29.6 Å². The number of halogens is 3. The number of hydrogen-bond acceptors (Lipinski definition) is 4. The Bertz CT molecular complexity index is 1040. The normalized spacial score (nSPS) is 22.7. The molecule has 1 saturated carbocycles. The van der Waals surface area contributed by atoms with E-state index in [1.807, 2.05) is 4.68 Å². The molecule has 0 bridgehead atoms. The largest absolute Gasteiger partial charge is 0.449 e. The molecule has 2 aliphatic heterocycles. The van der Waals surface area contributed by atoms with E-state index in [1.165, 1.54) is 4.90 Å². The van der Waals surface area contributed by atoms with Gasteiger partial charge >= 0.3 is 12.1 Å². The SMILES string of the molecule is O=C1OCCCN1c1cnn2c1CN(C(=O)Nc1cc(F)c(F)c(F)c1)[C@H]1CCC[C@H]12. The number of benzene rings is 1. The van der Waals surface area contributed by atoms with Crippen LogP contribution in [0.2, 0.25) is 0 Å². The number of carbonyl (C=O) groups is 2. The zero-order valence-corrected chi connectivity index (χ0v) is 16.5. The van der Waals surface area contributed by atoms with Crippen LogP contribution in [-0.4, -0.2) is 46.0 Å². The number of urea groups is 1. The molecule has 3 heterocycles. The van der Waals surface area contributed by atoms with Crippen molar-refractivity contribution in [2.45, 2.75) is 44.3 Å². The minimum absolute atomic E-state index is 0.0641. The smallest absolute Gasteiger partial charge is 0.414 e. The van der Waals surface area contributed by atoms with Crippen LogP contribution in [0.4, 0.5) is 34.1 Å². The molecule has 164 valence electrons. The van der Waals surface area contributed by atoms with Crippen LogP contribution in [0.15, 0.2) is 18.3 Å². The number of anilines is 2. The van der Waals surface area contributed by atoms with Crippen molar-refractivity contribution in [1.29, 1.82) is 0 Å². The van der Waals surface area contributed by atoms with Gasteiger partial charge in [-0.2, -0.15) is 5.10 Å². The molecule has 1 aromatic heterocycles. The summed E-state index contributed by atoms with van der Waals surface area (Å²) >= 11 is 0. The molecule has 3 aliphatic rings. The maximum atomic E-state index is 13.6. The lowest BCUT2D eigenvalue weighted by Crippen LogP contribution is -2.49. The second-order valence-corrected chi connectivity index (χ2v) is 7.92. The summed E-state index contributed by atoms with van der Waals surface area (Å²) in [4.78, 5) is 28.4. The molecule has 3 amide bonds. The van der Waals surface area contributed by atoms with Crippen LogP contribution in [0.1, 0.15) is 37.4 Å². The van der Waals surface area contributed by atoms with Crippen molar-refractivity contribution in [2.75, 3.05) is 23.4 Å². The van der Waals surface area contributed by atoms with Gasteiger partial charge in [-0.25, -0.2) is 22.8 Å². The number of nitrogens with zero attached hydrogens (tertiary/aromatic N) is 4. The number of hydrogen-bond donors (Lipinski definition) is 1. The van der Waals surface area contributed by atoms with Gasteiger partial charge in [-0.3, -0.25) is 9.58 Å². The summed E-state index contributed by atoms with van der Waals surface area (Å²) in [5.74, 6) is -4.35. The monoisotopic (exact) mass is 435 g/mol. The third-order valence-electron chi connectivity index (χ3n) is 6.11. The number of aromatic nitrogens is 2. The molecule has 2 atom stereocenters. The standard InChI is InChI=1S/C20H20F3N5O3/c21-12-7-11(8-13(22)18(12)23)25-19(29)27-10-17-16(26-5-2-6-31-20(26)30)9-24-28(17)15-4-1-3-14(15)27/h7-9,14-15H,1-6,10H2,(H,25,29)/t14-,15+/m0/s1. The van der Waals surface area contributed by atoms with Gasteiger partial charge in [0.15, 0.2) is 17.5 Å². The van der Waals surface area contributed by atoms with Gasteiger partial charge in [0.25, 0.3) is 0 Å². The third kappa shape index (κ3) is 3.28. The summed E-state index contributed by atoms with van der Waals surface area (Å²) in [6.45, 7) is 1.02. The minimum Gasteiger partial charge on any atom is -0.449 e. The highest BCUT2D eigenvalue weighted by atomic mass is 19.2. The average molecular weight is 435 g/mol. The molecule has 0 spiro atoms. The van der Waals surface area contributed by atoms with Crippen LogP contribution in [0.25, 0.3) is 0 Å². The number of ether oxygens (including phenoxy) is 1. The van der Waals surface area contributed by atoms with Gasteiger partial charge in [0.1, 0.15) is 0 Å². The van der Waals surface area contributed by atoms with E-state index in [2.05, 4.69) is 10.4 Å². The third-order valence-corrected chi connectivity index (χ3v) is 6.11. The summed E-state index contributed by atoms with van der Waals surface area (Å²) in [6, 6.07) is 0.717. The molecule has 1 aliphatic carbocycles. The van der Waals surface area contributed by atoms with Gasteiger partial charge in [0.05, 0.1) is 42.8 Å². The molecule has 1 N–H and O–H groups in total. The number of fused-ring (bicyclic) bond motifs is 3. The van der Waals surface area contributed by atoms with Crippen LogP contribution in [0.3, 0.4) is 0 Å². The molecule has 2 aromatic rings. The Labute approximate surface area is 175 Å². The van der Waals surface area contributed by atoms with Crippen molar-refractivity contribution in [3.63, 3.8) is 0 Å². The van der Waals surface area contributed by atoms with Gasteiger partial charge in [0.2, 0.25) is 0 Å². The van der Waals surface area contributed by atoms with Crippen LogP contribution in [0, 0.1) is 17.5 Å². The number of nitrogens with one attached hydrogen (secondary N) is 1. The molecule has 11 heteroatoms. The lowest BCUT2D eigenvalue weighted by molar-refractivity contribution is 0.136. The topological polar surface area (TPSA) is 79.7 Å². The molecule has 5 rings (SSSR count). The average Bonchev–Trinajstić information content (AvgIpc) is 3.38. The summed E-state index contributed by atoms with van der Waals surface area (Å²) in [6.07, 6.45) is 4.30. The van der Waals surface area contributed by atoms with E-state index >= 15 is 0 Å². The number of amides is 3. The van der Waals surface area contributed by atoms with Crippen molar-refractivity contribution in [3.8, 4) is 0 Å². The van der Waals surface area contributed by atoms with E-state index in [-0.39, 0.29) is 24.3 Å². The Morgan fingerprint density at radius 3 is 2.61 bits per heavy atom. The van der Waals surface area contributed by atoms with Crippen LogP contribution in [-0.2, 0) is 11.3 Å². The number of cyclic esters (lactones) is 1. The first-order valence-electron chi connectivity index (χ1n) is 10.2. The van der Waals surface area contributed by atoms with E-state index in [9.17, 15) is 22.8 Å². The molecule has 31 heavy (non-hydrogen) atoms. The molecule has 1 saturated heterocycles. The van der Waals surface area contributed by atoms with Crippen LogP contribution >= 0.6 is 0 Å². The minimum atomic E-state index is -1.59. The van der Waals surface area contributed by atoms with Crippen molar-refractivity contribution >= 4 is 23.5 Å². The first kappa shape index (κ1) is 19.7. The van der Waals surface area contributed by atoms with E-state index in [0.717, 1.165) is 31.4 Å². The van der Waals surface area contributed by atoms with Crippen LogP contribution in [0.5, 0.6) is 0 Å². The van der Waals surface area contributed by atoms with Crippen molar-refractivity contribution in [2.24, 2.45) is 0 Å². The van der Waals surface area contributed by atoms with Gasteiger partial charge < -0.3 is 15.0 Å². The summed E-state index contributed by atoms with van der Waals surface area (Å²) < 4.78 is 47.4. The van der Waals surface area contributed by atoms with Crippen molar-refractivity contribution < 1.29 is 27.5 Å². The Balaban J connectivity index is 1.44. The lowest BCUT2D eigenvalue weighted by atomic mass is 10.1. The highest BCUT2D eigenvalue weighted by Crippen LogP contribution is 2.41. The molecular formula is C20H20F3N5O3. The maximum absolute atomic E-state index is 13.6. The molecule has 8 nitrogen and oxygen atoms in total. The molecule has 0 unspecified atom stereocenters. The van der Waals surface area contributed by atoms with E-state index in [1.54, 1.807) is 11.1 Å². The highest BCUT2D eigenvalue weighted by Gasteiger charge is 2.43. The molecule has 2 fully saturated rings. The molecular weight excluding hydrogens is 415 g/mol. The van der Waals surface area contributed by atoms with Gasteiger partial charge in [-0.15, -0.1) is 0 Å². The maximum Gasteiger partial charge on any atom is 0.414 e. The predicted molar refractivity (Wildman–Crippen MR) is 103 cm³/mol. The van der Waals surface area contributed by atoms with Gasteiger partial charge in [0, 0.05) is 24.4 Å². The lowest BCUT2D eigenvalue weighted by Gasteiger charge is -2.39.